The minimum atomic E-state index is -3.96. The molecule has 0 saturated heterocycles. The van der Waals surface area contributed by atoms with Crippen LogP contribution in [0, 0.1) is 0 Å². The van der Waals surface area contributed by atoms with Crippen LogP contribution in [-0.4, -0.2) is 62.5 Å². The van der Waals surface area contributed by atoms with E-state index in [1.165, 1.54) is 97.7 Å². The molecule has 5 N–H and O–H groups in total. The molecule has 15 nitrogen and oxygen atoms in total. The average molecular weight is 1120 g/mol. The Morgan fingerprint density at radius 2 is 0.857 bits per heavy atom. The number of hydrogen-bond donors (Lipinski definition) is 4. The van der Waals surface area contributed by atoms with E-state index >= 15 is 0 Å². The molecule has 0 aliphatic heterocycles. The lowest BCUT2D eigenvalue weighted by Gasteiger charge is -2.09. The third-order valence-electron chi connectivity index (χ3n) is 6.86. The fourth-order valence-corrected chi connectivity index (χ4v) is 11.6. The summed E-state index contributed by atoms with van der Waals surface area (Å²) in [5.74, 6) is -2.19. The van der Waals surface area contributed by atoms with Crippen molar-refractivity contribution in [1.82, 2.24) is 0 Å². The molecule has 3 heterocycles. The topological polar surface area (TPSA) is 242 Å². The maximum absolute atomic E-state index is 12.3. The van der Waals surface area contributed by atoms with E-state index in [0.29, 0.717) is 10.6 Å². The van der Waals surface area contributed by atoms with Crippen LogP contribution in [0.2, 0.25) is 30.1 Å². The number of sulfonamides is 2. The van der Waals surface area contributed by atoms with Crippen LogP contribution in [-0.2, 0) is 38.6 Å². The second-order valence-corrected chi connectivity index (χ2v) is 22.6. The first-order valence-electron chi connectivity index (χ1n) is 16.0. The number of ether oxygens (including phenoxy) is 2. The summed E-state index contributed by atoms with van der Waals surface area (Å²) >= 11 is 37.5. The fraction of sp³-hybridized carbons (Fsp3) is 0.0571. The highest BCUT2D eigenvalue weighted by Gasteiger charge is 2.22. The highest BCUT2D eigenvalue weighted by Crippen LogP contribution is 2.30. The first-order chi connectivity index (χ1) is 29.3. The van der Waals surface area contributed by atoms with Gasteiger partial charge in [-0.2, -0.15) is 0 Å². The van der Waals surface area contributed by atoms with E-state index in [0.717, 1.165) is 22.7 Å². The standard InChI is InChI=1S/C12H9Cl2NO4S2.C11H7Cl2NO4S2.C6H3Cl3O2S.C6H7NO2S/c1-19-12(16)11-10(2-3-20-11)15-21(17,18)9-5-7(13)4-8(14)6-9;12-6-3-7(13)5-8(4-6)20(17,18)14-9-1-2-19-10(9)11(15)16;7-4-1-5(8)3-6(2-4)12(9,10)11;1-9-6(8)5-4(7)2-3-10-5/h2-6,15H,1H3;1-5,14H,(H,15,16);1-3H;2-3H,7H2,1H3. The zero-order valence-corrected chi connectivity index (χ0v) is 41.5. The van der Waals surface area contributed by atoms with E-state index in [2.05, 4.69) is 18.9 Å². The number of carbonyl (C=O) groups excluding carboxylic acids is 2. The van der Waals surface area contributed by atoms with Crippen LogP contribution < -0.4 is 15.2 Å². The number of thiophene rings is 3. The molecule has 0 aliphatic rings. The van der Waals surface area contributed by atoms with Crippen molar-refractivity contribution in [2.45, 2.75) is 14.7 Å². The molecular weight excluding hydrogens is 1090 g/mol. The number of esters is 2. The van der Waals surface area contributed by atoms with Crippen molar-refractivity contribution >= 4 is 178 Å². The summed E-state index contributed by atoms with van der Waals surface area (Å²) in [7, 11) is -4.01. The number of halogens is 7. The number of nitrogens with one attached hydrogen (secondary N) is 2. The van der Waals surface area contributed by atoms with Gasteiger partial charge in [-0.1, -0.05) is 69.6 Å². The van der Waals surface area contributed by atoms with Crippen LogP contribution in [0.25, 0.3) is 0 Å². The van der Waals surface area contributed by atoms with Crippen molar-refractivity contribution in [3.8, 4) is 0 Å². The van der Waals surface area contributed by atoms with Gasteiger partial charge in [-0.05, 0) is 88.9 Å². The predicted molar refractivity (Wildman–Crippen MR) is 251 cm³/mol. The van der Waals surface area contributed by atoms with Crippen LogP contribution in [0.1, 0.15) is 29.0 Å². The van der Waals surface area contributed by atoms with Crippen LogP contribution in [0.3, 0.4) is 0 Å². The minimum Gasteiger partial charge on any atom is -0.477 e. The van der Waals surface area contributed by atoms with Crippen molar-refractivity contribution in [2.24, 2.45) is 0 Å². The molecule has 28 heteroatoms. The lowest BCUT2D eigenvalue weighted by Crippen LogP contribution is -2.14. The number of aromatic carboxylic acids is 1. The molecule has 338 valence electrons. The number of nitrogens with two attached hydrogens (primary N) is 1. The summed E-state index contributed by atoms with van der Waals surface area (Å²) in [6.45, 7) is 0. The number of carboxylic acids is 1. The van der Waals surface area contributed by atoms with Crippen LogP contribution in [0.4, 0.5) is 17.1 Å². The largest absolute Gasteiger partial charge is 0.477 e. The van der Waals surface area contributed by atoms with Crippen molar-refractivity contribution < 1.29 is 54.2 Å². The number of methoxy groups -OCH3 is 2. The van der Waals surface area contributed by atoms with E-state index in [4.69, 9.17) is 91.1 Å². The Morgan fingerprint density at radius 1 is 0.540 bits per heavy atom. The Kier molecular flexibility index (Phi) is 20.1. The summed E-state index contributed by atoms with van der Waals surface area (Å²) in [4.78, 5) is 33.5. The van der Waals surface area contributed by atoms with Gasteiger partial charge in [0.2, 0.25) is 0 Å². The van der Waals surface area contributed by atoms with Gasteiger partial charge in [-0.25, -0.2) is 39.6 Å². The van der Waals surface area contributed by atoms with Gasteiger partial charge in [0.15, 0.2) is 0 Å². The van der Waals surface area contributed by atoms with E-state index < -0.39 is 41.0 Å². The minimum absolute atomic E-state index is 0.00130. The normalized spacial score (nSPS) is 11.0. The zero-order chi connectivity index (χ0) is 47.4. The Morgan fingerprint density at radius 3 is 1.19 bits per heavy atom. The second-order valence-electron chi connectivity index (χ2n) is 11.3. The molecule has 0 unspecified atom stereocenters. The van der Waals surface area contributed by atoms with Crippen LogP contribution in [0.15, 0.2) is 104 Å². The van der Waals surface area contributed by atoms with Gasteiger partial charge in [-0.15, -0.1) is 34.0 Å². The smallest absolute Gasteiger partial charge is 0.350 e. The first kappa shape index (κ1) is 53.8. The van der Waals surface area contributed by atoms with Crippen molar-refractivity contribution in [3.63, 3.8) is 0 Å². The fourth-order valence-electron chi connectivity index (χ4n) is 4.22. The second kappa shape index (κ2) is 23.6. The molecule has 0 bridgehead atoms. The van der Waals surface area contributed by atoms with Gasteiger partial charge in [-0.3, -0.25) is 9.44 Å². The number of benzene rings is 3. The third kappa shape index (κ3) is 16.4. The third-order valence-corrected chi connectivity index (χ3v) is 14.9. The summed E-state index contributed by atoms with van der Waals surface area (Å²) in [6.07, 6.45) is 0. The SMILES string of the molecule is COC(=O)c1sccc1N.COC(=O)c1sccc1NS(=O)(=O)c1cc(Cl)cc(Cl)c1.O=C(O)c1sccc1NS(=O)(=O)c1cc(Cl)cc(Cl)c1.O=S(=O)(Cl)c1cc(Cl)cc(Cl)c1. The first-order valence-corrected chi connectivity index (χ1v) is 26.2. The summed E-state index contributed by atoms with van der Waals surface area (Å²) in [5, 5.41) is 15.0. The molecule has 0 spiro atoms. The Labute approximate surface area is 406 Å². The molecule has 0 radical (unpaired) electrons. The quantitative estimate of drug-likeness (QED) is 0.0738. The van der Waals surface area contributed by atoms with E-state index in [1.54, 1.807) is 16.8 Å². The molecule has 3 aromatic carbocycles. The maximum Gasteiger partial charge on any atom is 0.350 e. The predicted octanol–water partition coefficient (Wildman–Crippen LogP) is 11.2. The van der Waals surface area contributed by atoms with Crippen LogP contribution >= 0.6 is 114 Å². The number of carbonyl (C=O) groups is 3. The van der Waals surface area contributed by atoms with Gasteiger partial charge in [0.05, 0.1) is 46.0 Å². The van der Waals surface area contributed by atoms with E-state index in [-0.39, 0.29) is 71.9 Å². The molecule has 0 aliphatic carbocycles. The number of hydrogen-bond acceptors (Lipinski definition) is 15. The van der Waals surface area contributed by atoms with Gasteiger partial charge in [0.25, 0.3) is 29.1 Å². The Bertz CT molecular complexity index is 2900. The summed E-state index contributed by atoms with van der Waals surface area (Å²) < 4.78 is 84.1. The van der Waals surface area contributed by atoms with Gasteiger partial charge < -0.3 is 20.3 Å². The van der Waals surface area contributed by atoms with Crippen LogP contribution in [0.5, 0.6) is 0 Å². The highest BCUT2D eigenvalue weighted by atomic mass is 35.7. The van der Waals surface area contributed by atoms with Gasteiger partial charge in [0, 0.05) is 40.8 Å². The molecule has 63 heavy (non-hydrogen) atoms. The van der Waals surface area contributed by atoms with Gasteiger partial charge in [0.1, 0.15) is 14.6 Å². The van der Waals surface area contributed by atoms with Crippen molar-refractivity contribution in [2.75, 3.05) is 29.4 Å². The lowest BCUT2D eigenvalue weighted by molar-refractivity contribution is 0.0598. The number of rotatable bonds is 10. The summed E-state index contributed by atoms with van der Waals surface area (Å²) in [5.41, 5.74) is 6.05. The Hall–Kier alpha value is -3.55. The molecule has 0 amide bonds. The Balaban J connectivity index is 0.000000233. The molecule has 0 atom stereocenters. The maximum atomic E-state index is 12.3. The van der Waals surface area contributed by atoms with E-state index in [1.807, 2.05) is 0 Å². The summed E-state index contributed by atoms with van der Waals surface area (Å²) in [6, 6.07) is 16.2. The zero-order valence-electron chi connectivity index (χ0n) is 31.3. The molecule has 6 rings (SSSR count). The number of nitrogen functional groups attached to an aromatic ring is 1. The molecule has 3 aromatic heterocycles. The molecule has 0 saturated carbocycles. The van der Waals surface area contributed by atoms with Crippen molar-refractivity contribution in [3.05, 3.63) is 134 Å². The molecule has 6 aromatic rings. The highest BCUT2D eigenvalue weighted by molar-refractivity contribution is 8.13. The lowest BCUT2D eigenvalue weighted by atomic mass is 10.4. The van der Waals surface area contributed by atoms with Gasteiger partial charge >= 0.3 is 17.9 Å². The van der Waals surface area contributed by atoms with E-state index in [9.17, 15) is 39.6 Å². The molecule has 0 fully saturated rings. The van der Waals surface area contributed by atoms with Crippen molar-refractivity contribution in [1.29, 1.82) is 0 Å². The average Bonchev–Trinajstić information content (AvgIpc) is 3.95. The molecular formula is C35H26Cl7N3O12S6. The number of anilines is 3. The number of carboxylic acid groups (broad SMARTS) is 1. The monoisotopic (exact) mass is 1120 g/mol.